The Bertz CT molecular complexity index is 492. The fourth-order valence-corrected chi connectivity index (χ4v) is 1.55. The number of rotatable bonds is 4. The molecule has 0 aliphatic rings. The standard InChI is InChI=1S/C13H16N2O2/c1-10-5-3-4-6-13(10)15-8-12(7-14-15)17-9-11(2)16/h3-8,11,16H,9H2,1-2H3. The van der Waals surface area contributed by atoms with Gasteiger partial charge in [0.05, 0.1) is 24.2 Å². The molecule has 0 saturated heterocycles. The molecule has 0 fully saturated rings. The van der Waals surface area contributed by atoms with Crippen LogP contribution in [-0.4, -0.2) is 27.6 Å². The highest BCUT2D eigenvalue weighted by Gasteiger charge is 2.04. The summed E-state index contributed by atoms with van der Waals surface area (Å²) in [5.74, 6) is 0.661. The Balaban J connectivity index is 2.16. The molecule has 2 aromatic rings. The van der Waals surface area contributed by atoms with Crippen LogP contribution in [0.5, 0.6) is 5.75 Å². The second-order valence-electron chi connectivity index (χ2n) is 4.07. The zero-order valence-corrected chi connectivity index (χ0v) is 10.00. The fraction of sp³-hybridized carbons (Fsp3) is 0.308. The molecule has 0 amide bonds. The number of aryl methyl sites for hydroxylation is 1. The predicted molar refractivity (Wildman–Crippen MR) is 65.5 cm³/mol. The van der Waals surface area contributed by atoms with E-state index in [-0.39, 0.29) is 6.61 Å². The van der Waals surface area contributed by atoms with Crippen LogP contribution in [0.2, 0.25) is 0 Å². The van der Waals surface area contributed by atoms with E-state index < -0.39 is 6.10 Å². The van der Waals surface area contributed by atoms with Crippen molar-refractivity contribution in [3.05, 3.63) is 42.2 Å². The van der Waals surface area contributed by atoms with Gasteiger partial charge in [0, 0.05) is 0 Å². The second-order valence-corrected chi connectivity index (χ2v) is 4.07. The van der Waals surface area contributed by atoms with Gasteiger partial charge in [-0.15, -0.1) is 0 Å². The normalized spacial score (nSPS) is 12.4. The van der Waals surface area contributed by atoms with E-state index in [1.165, 1.54) is 0 Å². The average molecular weight is 232 g/mol. The maximum absolute atomic E-state index is 9.13. The van der Waals surface area contributed by atoms with Crippen molar-refractivity contribution >= 4 is 0 Å². The van der Waals surface area contributed by atoms with Crippen LogP contribution in [0.1, 0.15) is 12.5 Å². The van der Waals surface area contributed by atoms with E-state index in [9.17, 15) is 0 Å². The van der Waals surface area contributed by atoms with E-state index in [4.69, 9.17) is 9.84 Å². The first kappa shape index (κ1) is 11.7. The van der Waals surface area contributed by atoms with Gasteiger partial charge in [0.1, 0.15) is 6.61 Å². The van der Waals surface area contributed by atoms with Crippen molar-refractivity contribution in [2.24, 2.45) is 0 Å². The Labute approximate surface area is 100 Å². The van der Waals surface area contributed by atoms with Crippen LogP contribution in [0.4, 0.5) is 0 Å². The zero-order valence-electron chi connectivity index (χ0n) is 10.00. The summed E-state index contributed by atoms with van der Waals surface area (Å²) in [4.78, 5) is 0. The lowest BCUT2D eigenvalue weighted by atomic mass is 10.2. The fourth-order valence-electron chi connectivity index (χ4n) is 1.55. The molecule has 1 unspecified atom stereocenters. The SMILES string of the molecule is Cc1ccccc1-n1cc(OCC(C)O)cn1. The van der Waals surface area contributed by atoms with Crippen LogP contribution in [0.25, 0.3) is 5.69 Å². The minimum Gasteiger partial charge on any atom is -0.488 e. The van der Waals surface area contributed by atoms with Gasteiger partial charge in [-0.05, 0) is 25.5 Å². The topological polar surface area (TPSA) is 47.3 Å². The second kappa shape index (κ2) is 5.01. The van der Waals surface area contributed by atoms with Gasteiger partial charge in [-0.25, -0.2) is 4.68 Å². The average Bonchev–Trinajstić information content (AvgIpc) is 2.75. The number of benzene rings is 1. The van der Waals surface area contributed by atoms with Crippen LogP contribution in [-0.2, 0) is 0 Å². The number of hydrogen-bond donors (Lipinski definition) is 1. The van der Waals surface area contributed by atoms with Gasteiger partial charge in [-0.2, -0.15) is 5.10 Å². The van der Waals surface area contributed by atoms with Crippen molar-refractivity contribution in [1.82, 2.24) is 9.78 Å². The largest absolute Gasteiger partial charge is 0.488 e. The molecule has 1 atom stereocenters. The molecule has 2 rings (SSSR count). The maximum atomic E-state index is 9.13. The van der Waals surface area contributed by atoms with E-state index in [2.05, 4.69) is 5.10 Å². The molecule has 0 aliphatic heterocycles. The minimum atomic E-state index is -0.475. The third-order valence-corrected chi connectivity index (χ3v) is 2.41. The number of hydrogen-bond acceptors (Lipinski definition) is 3. The molecule has 1 N–H and O–H groups in total. The van der Waals surface area contributed by atoms with Gasteiger partial charge in [0.15, 0.2) is 5.75 Å². The van der Waals surface area contributed by atoms with Gasteiger partial charge in [-0.3, -0.25) is 0 Å². The molecule has 0 radical (unpaired) electrons. The molecule has 1 aromatic heterocycles. The number of ether oxygens (including phenoxy) is 1. The van der Waals surface area contributed by atoms with Crippen molar-refractivity contribution in [2.45, 2.75) is 20.0 Å². The summed E-state index contributed by atoms with van der Waals surface area (Å²) in [6.07, 6.45) is 2.98. The Morgan fingerprint density at radius 3 is 2.88 bits per heavy atom. The molecule has 1 heterocycles. The van der Waals surface area contributed by atoms with E-state index in [1.54, 1.807) is 17.8 Å². The number of nitrogens with zero attached hydrogens (tertiary/aromatic N) is 2. The molecule has 0 saturated carbocycles. The Morgan fingerprint density at radius 1 is 1.41 bits per heavy atom. The molecule has 17 heavy (non-hydrogen) atoms. The first-order valence-electron chi connectivity index (χ1n) is 5.58. The summed E-state index contributed by atoms with van der Waals surface area (Å²) in [5.41, 5.74) is 2.18. The smallest absolute Gasteiger partial charge is 0.157 e. The number of aliphatic hydroxyl groups excluding tert-OH is 1. The lowest BCUT2D eigenvalue weighted by molar-refractivity contribution is 0.122. The summed E-state index contributed by atoms with van der Waals surface area (Å²) < 4.78 is 7.15. The van der Waals surface area contributed by atoms with Crippen molar-refractivity contribution < 1.29 is 9.84 Å². The number of para-hydroxylation sites is 1. The van der Waals surface area contributed by atoms with Gasteiger partial charge in [0.2, 0.25) is 0 Å². The Morgan fingerprint density at radius 2 is 2.18 bits per heavy atom. The summed E-state index contributed by atoms with van der Waals surface area (Å²) in [5, 5.41) is 13.4. The predicted octanol–water partition coefficient (Wildman–Crippen LogP) is 1.94. The highest BCUT2D eigenvalue weighted by molar-refractivity contribution is 5.40. The van der Waals surface area contributed by atoms with Crippen LogP contribution in [0.3, 0.4) is 0 Å². The molecule has 0 aliphatic carbocycles. The molecular formula is C13H16N2O2. The molecular weight excluding hydrogens is 216 g/mol. The Hall–Kier alpha value is -1.81. The zero-order chi connectivity index (χ0) is 12.3. The summed E-state index contributed by atoms with van der Waals surface area (Å²) >= 11 is 0. The first-order valence-corrected chi connectivity index (χ1v) is 5.58. The van der Waals surface area contributed by atoms with Crippen molar-refractivity contribution in [3.63, 3.8) is 0 Å². The van der Waals surface area contributed by atoms with Crippen molar-refractivity contribution in [2.75, 3.05) is 6.61 Å². The Kier molecular flexibility index (Phi) is 3.44. The van der Waals surface area contributed by atoms with E-state index in [1.807, 2.05) is 37.4 Å². The van der Waals surface area contributed by atoms with Crippen LogP contribution in [0, 0.1) is 6.92 Å². The minimum absolute atomic E-state index is 0.277. The van der Waals surface area contributed by atoms with E-state index in [0.717, 1.165) is 11.3 Å². The van der Waals surface area contributed by atoms with Gasteiger partial charge in [0.25, 0.3) is 0 Å². The van der Waals surface area contributed by atoms with Crippen LogP contribution in [0.15, 0.2) is 36.7 Å². The molecule has 0 spiro atoms. The molecule has 4 heteroatoms. The molecule has 4 nitrogen and oxygen atoms in total. The first-order chi connectivity index (χ1) is 8.16. The maximum Gasteiger partial charge on any atom is 0.157 e. The van der Waals surface area contributed by atoms with E-state index >= 15 is 0 Å². The molecule has 90 valence electrons. The number of aliphatic hydroxyl groups is 1. The van der Waals surface area contributed by atoms with Crippen LogP contribution >= 0.6 is 0 Å². The van der Waals surface area contributed by atoms with Gasteiger partial charge < -0.3 is 9.84 Å². The van der Waals surface area contributed by atoms with E-state index in [0.29, 0.717) is 5.75 Å². The van der Waals surface area contributed by atoms with Gasteiger partial charge >= 0.3 is 0 Å². The molecule has 1 aromatic carbocycles. The summed E-state index contributed by atoms with van der Waals surface area (Å²) in [6, 6.07) is 8.00. The number of aromatic nitrogens is 2. The highest BCUT2D eigenvalue weighted by Crippen LogP contribution is 2.16. The highest BCUT2D eigenvalue weighted by atomic mass is 16.5. The third kappa shape index (κ3) is 2.85. The monoisotopic (exact) mass is 232 g/mol. The van der Waals surface area contributed by atoms with Gasteiger partial charge in [-0.1, -0.05) is 18.2 Å². The lowest BCUT2D eigenvalue weighted by Crippen LogP contribution is -2.12. The molecule has 0 bridgehead atoms. The van der Waals surface area contributed by atoms with Crippen molar-refractivity contribution in [1.29, 1.82) is 0 Å². The summed E-state index contributed by atoms with van der Waals surface area (Å²) in [7, 11) is 0. The lowest BCUT2D eigenvalue weighted by Gasteiger charge is -2.05. The van der Waals surface area contributed by atoms with Crippen molar-refractivity contribution in [3.8, 4) is 11.4 Å². The quantitative estimate of drug-likeness (QED) is 0.876. The van der Waals surface area contributed by atoms with Crippen LogP contribution < -0.4 is 4.74 Å². The third-order valence-electron chi connectivity index (χ3n) is 2.41. The summed E-state index contributed by atoms with van der Waals surface area (Å²) in [6.45, 7) is 4.00.